The Hall–Kier alpha value is -5.45. The largest absolute Gasteiger partial charge is 0.462 e. The van der Waals surface area contributed by atoms with Gasteiger partial charge in [-0.1, -0.05) is 74.5 Å². The first-order valence-corrected chi connectivity index (χ1v) is 19.9. The lowest BCUT2D eigenvalue weighted by molar-refractivity contribution is -0.217. The van der Waals surface area contributed by atoms with Crippen molar-refractivity contribution in [1.82, 2.24) is 15.7 Å². The highest BCUT2D eigenvalue weighted by Gasteiger charge is 2.76. The van der Waals surface area contributed by atoms with Gasteiger partial charge in [-0.3, -0.25) is 19.2 Å². The lowest BCUT2D eigenvalue weighted by Crippen LogP contribution is -2.69. The molecule has 1 saturated carbocycles. The smallest absolute Gasteiger partial charge is 0.348 e. The monoisotopic (exact) mass is 807 g/mol. The molecule has 15 heteroatoms. The van der Waals surface area contributed by atoms with Crippen LogP contribution in [-0.4, -0.2) is 102 Å². The third kappa shape index (κ3) is 6.90. The summed E-state index contributed by atoms with van der Waals surface area (Å²) in [5.41, 5.74) is 2.35. The topological polar surface area (TPSA) is 188 Å². The molecule has 0 radical (unpaired) electrons. The predicted molar refractivity (Wildman–Crippen MR) is 205 cm³/mol. The SMILES string of the molecule is CC1(C)COC(=O)C1OC(=O)C=Cc1ccccc1CN1OC2C3OC4(Cc5ccccc5C4)OC3C3CC2(C(=O)NCc2cccc(C(=O)NCCO)c2)C1C(=O)O3. The van der Waals surface area contributed by atoms with E-state index in [9.17, 15) is 24.0 Å². The fraction of sp³-hybridized carbons (Fsp3) is 0.432. The van der Waals surface area contributed by atoms with Crippen LogP contribution in [0.5, 0.6) is 0 Å². The van der Waals surface area contributed by atoms with Crippen molar-refractivity contribution in [3.05, 3.63) is 112 Å². The van der Waals surface area contributed by atoms with Gasteiger partial charge in [0.05, 0.1) is 13.2 Å². The Morgan fingerprint density at radius 2 is 1.68 bits per heavy atom. The van der Waals surface area contributed by atoms with Gasteiger partial charge in [-0.15, -0.1) is 0 Å². The molecule has 4 heterocycles. The number of fused-ring (bicyclic) bond motifs is 5. The van der Waals surface area contributed by atoms with Gasteiger partial charge in [0.1, 0.15) is 36.4 Å². The van der Waals surface area contributed by atoms with E-state index in [0.717, 1.165) is 11.1 Å². The quantitative estimate of drug-likeness (QED) is 0.146. The number of benzene rings is 3. The van der Waals surface area contributed by atoms with Crippen LogP contribution in [0.15, 0.2) is 78.9 Å². The fourth-order valence-corrected chi connectivity index (χ4v) is 9.46. The summed E-state index contributed by atoms with van der Waals surface area (Å²) in [6.45, 7) is 3.68. The van der Waals surface area contributed by atoms with E-state index in [1.807, 2.05) is 36.4 Å². The summed E-state index contributed by atoms with van der Waals surface area (Å²) >= 11 is 0. The third-order valence-electron chi connectivity index (χ3n) is 12.3. The second-order valence-corrected chi connectivity index (χ2v) is 16.7. The van der Waals surface area contributed by atoms with Crippen LogP contribution in [0.4, 0.5) is 0 Å². The van der Waals surface area contributed by atoms with Crippen LogP contribution in [0.2, 0.25) is 0 Å². The maximum Gasteiger partial charge on any atom is 0.348 e. The fourth-order valence-electron chi connectivity index (χ4n) is 9.46. The second-order valence-electron chi connectivity index (χ2n) is 16.7. The van der Waals surface area contributed by atoms with Crippen molar-refractivity contribution in [2.75, 3.05) is 19.8 Å². The molecule has 5 fully saturated rings. The van der Waals surface area contributed by atoms with Crippen molar-refractivity contribution in [3.8, 4) is 0 Å². The molecule has 4 aliphatic heterocycles. The summed E-state index contributed by atoms with van der Waals surface area (Å²) in [7, 11) is 0. The molecule has 15 nitrogen and oxygen atoms in total. The van der Waals surface area contributed by atoms with Crippen molar-refractivity contribution < 1.29 is 57.6 Å². The average molecular weight is 808 g/mol. The standard InChI is InChI=1S/C44H45N3O12/c1-42(2)24-54-40(52)37(42)56-32(49)15-14-26-9-3-6-12-30(26)23-47-35-39(51)55-31-21-44(35,41(53)46-22-25-8-7-13-27(18-25)38(50)45-16-17-48)36(59-47)34-33(31)57-43(58-34)19-28-10-4-5-11-29(28)20-43/h3-15,18,31,33-37,48H,16-17,19-24H2,1-2H3,(H,45,50)(H,46,53). The van der Waals surface area contributed by atoms with Gasteiger partial charge in [0.15, 0.2) is 11.8 Å². The maximum atomic E-state index is 14.9. The number of nitrogens with one attached hydrogen (secondary N) is 2. The van der Waals surface area contributed by atoms with Gasteiger partial charge in [-0.25, -0.2) is 9.59 Å². The Bertz CT molecular complexity index is 2220. The van der Waals surface area contributed by atoms with Gasteiger partial charge < -0.3 is 39.4 Å². The highest BCUT2D eigenvalue weighted by molar-refractivity contribution is 5.95. The molecule has 59 heavy (non-hydrogen) atoms. The van der Waals surface area contributed by atoms with E-state index in [1.165, 1.54) is 11.1 Å². The summed E-state index contributed by atoms with van der Waals surface area (Å²) in [4.78, 5) is 73.7. The number of hydrogen-bond acceptors (Lipinski definition) is 13. The van der Waals surface area contributed by atoms with Gasteiger partial charge >= 0.3 is 17.9 Å². The molecule has 3 aromatic carbocycles. The molecule has 3 N–H and O–H groups in total. The van der Waals surface area contributed by atoms with Crippen molar-refractivity contribution >= 4 is 35.8 Å². The van der Waals surface area contributed by atoms with Crippen LogP contribution < -0.4 is 10.6 Å². The van der Waals surface area contributed by atoms with Crippen molar-refractivity contribution in [2.24, 2.45) is 10.8 Å². The van der Waals surface area contributed by atoms with Gasteiger partial charge in [0.25, 0.3) is 5.91 Å². The second kappa shape index (κ2) is 15.0. The van der Waals surface area contributed by atoms with Crippen molar-refractivity contribution in [3.63, 3.8) is 0 Å². The van der Waals surface area contributed by atoms with Gasteiger partial charge in [-0.2, -0.15) is 5.06 Å². The molecule has 4 saturated heterocycles. The highest BCUT2D eigenvalue weighted by Crippen LogP contribution is 2.58. The number of ether oxygens (including phenoxy) is 5. The molecule has 7 atom stereocenters. The minimum atomic E-state index is -1.46. The van der Waals surface area contributed by atoms with E-state index >= 15 is 0 Å². The number of amides is 2. The van der Waals surface area contributed by atoms with Gasteiger partial charge in [0, 0.05) is 49.4 Å². The van der Waals surface area contributed by atoms with Gasteiger partial charge in [0.2, 0.25) is 12.0 Å². The third-order valence-corrected chi connectivity index (χ3v) is 12.3. The van der Waals surface area contributed by atoms with E-state index in [4.69, 9.17) is 33.6 Å². The van der Waals surface area contributed by atoms with E-state index < -0.39 is 77.0 Å². The van der Waals surface area contributed by atoms with Crippen LogP contribution in [0.25, 0.3) is 6.08 Å². The van der Waals surface area contributed by atoms with Crippen LogP contribution in [0.3, 0.4) is 0 Å². The van der Waals surface area contributed by atoms with E-state index in [0.29, 0.717) is 35.1 Å². The number of nitrogens with zero attached hydrogens (tertiary/aromatic N) is 1. The average Bonchev–Trinajstić information content (AvgIpc) is 3.96. The first-order chi connectivity index (χ1) is 28.4. The number of hydroxylamine groups is 2. The number of esters is 3. The zero-order valence-corrected chi connectivity index (χ0v) is 32.6. The zero-order chi connectivity index (χ0) is 41.1. The number of carbonyl (C=O) groups is 5. The minimum absolute atomic E-state index is 0.0212. The Kier molecular flexibility index (Phi) is 9.91. The highest BCUT2D eigenvalue weighted by atomic mass is 16.8. The summed E-state index contributed by atoms with van der Waals surface area (Å²) in [5.74, 6) is -3.78. The molecule has 9 rings (SSSR count). The number of hydrogen-bond donors (Lipinski definition) is 3. The summed E-state index contributed by atoms with van der Waals surface area (Å²) in [6.07, 6.45) is -0.370. The summed E-state index contributed by atoms with van der Waals surface area (Å²) in [5, 5.41) is 16.3. The Morgan fingerprint density at radius 1 is 0.932 bits per heavy atom. The molecule has 2 bridgehead atoms. The molecule has 308 valence electrons. The van der Waals surface area contributed by atoms with Crippen LogP contribution in [0, 0.1) is 10.8 Å². The number of cyclic esters (lactones) is 1. The molecule has 1 spiro atoms. The molecule has 7 unspecified atom stereocenters. The maximum absolute atomic E-state index is 14.9. The lowest BCUT2D eigenvalue weighted by Gasteiger charge is -2.48. The molecular weight excluding hydrogens is 762 g/mol. The number of aliphatic hydroxyl groups excluding tert-OH is 1. The number of carbonyl (C=O) groups excluding carboxylic acids is 5. The predicted octanol–water partition coefficient (Wildman–Crippen LogP) is 2.31. The summed E-state index contributed by atoms with van der Waals surface area (Å²) < 4.78 is 30.3. The zero-order valence-electron chi connectivity index (χ0n) is 32.6. The van der Waals surface area contributed by atoms with Crippen molar-refractivity contribution in [2.45, 2.75) is 88.5 Å². The number of aliphatic hydroxyl groups is 1. The van der Waals surface area contributed by atoms with Crippen LogP contribution >= 0.6 is 0 Å². The van der Waals surface area contributed by atoms with E-state index in [1.54, 1.807) is 56.3 Å². The lowest BCUT2D eigenvalue weighted by atomic mass is 9.62. The van der Waals surface area contributed by atoms with Crippen molar-refractivity contribution in [1.29, 1.82) is 0 Å². The number of rotatable bonds is 11. The molecule has 2 aliphatic carbocycles. The molecule has 2 amide bonds. The van der Waals surface area contributed by atoms with E-state index in [2.05, 4.69) is 10.6 Å². The Balaban J connectivity index is 1.01. The first-order valence-electron chi connectivity index (χ1n) is 19.9. The molecule has 3 aromatic rings. The molecular formula is C44H45N3O12. The first kappa shape index (κ1) is 39.0. The van der Waals surface area contributed by atoms with Crippen LogP contribution in [-0.2, 0) is 73.6 Å². The Labute approximate surface area is 339 Å². The normalized spacial score (nSPS) is 29.5. The van der Waals surface area contributed by atoms with E-state index in [-0.39, 0.29) is 45.2 Å². The van der Waals surface area contributed by atoms with Crippen LogP contribution in [0.1, 0.15) is 58.4 Å². The Morgan fingerprint density at radius 3 is 2.42 bits per heavy atom. The molecule has 6 aliphatic rings. The van der Waals surface area contributed by atoms with Gasteiger partial charge in [-0.05, 0) is 46.0 Å². The minimum Gasteiger partial charge on any atom is -0.462 e. The molecule has 0 aromatic heterocycles. The summed E-state index contributed by atoms with van der Waals surface area (Å²) in [6, 6.07) is 20.8.